The highest BCUT2D eigenvalue weighted by molar-refractivity contribution is 5.78. The molecule has 0 aliphatic carbocycles. The van der Waals surface area contributed by atoms with E-state index in [1.54, 1.807) is 0 Å². The SMILES string of the molecule is OCC1CN(Cc2ccc3ccccc3n2)C1. The van der Waals surface area contributed by atoms with E-state index in [2.05, 4.69) is 28.1 Å². The average Bonchev–Trinajstić information content (AvgIpc) is 2.33. The Hall–Kier alpha value is -1.45. The van der Waals surface area contributed by atoms with Gasteiger partial charge in [-0.3, -0.25) is 9.88 Å². The summed E-state index contributed by atoms with van der Waals surface area (Å²) >= 11 is 0. The minimum atomic E-state index is 0.307. The Balaban J connectivity index is 1.73. The number of para-hydroxylation sites is 1. The van der Waals surface area contributed by atoms with Gasteiger partial charge in [-0.15, -0.1) is 0 Å². The van der Waals surface area contributed by atoms with Crippen molar-refractivity contribution >= 4 is 10.9 Å². The number of fused-ring (bicyclic) bond motifs is 1. The number of aliphatic hydroxyl groups excluding tert-OH is 1. The first-order chi connectivity index (χ1) is 8.35. The van der Waals surface area contributed by atoms with E-state index in [1.807, 2.05) is 18.2 Å². The molecule has 0 bridgehead atoms. The number of likely N-dealkylation sites (tertiary alicyclic amines) is 1. The molecule has 0 spiro atoms. The molecule has 0 amide bonds. The summed E-state index contributed by atoms with van der Waals surface area (Å²) in [5.41, 5.74) is 2.17. The van der Waals surface area contributed by atoms with Crippen molar-refractivity contribution in [3.05, 3.63) is 42.1 Å². The monoisotopic (exact) mass is 228 g/mol. The molecular weight excluding hydrogens is 212 g/mol. The van der Waals surface area contributed by atoms with Gasteiger partial charge in [-0.1, -0.05) is 24.3 Å². The molecular formula is C14H16N2O. The van der Waals surface area contributed by atoms with Crippen molar-refractivity contribution in [1.82, 2.24) is 9.88 Å². The van der Waals surface area contributed by atoms with Gasteiger partial charge in [0.15, 0.2) is 0 Å². The summed E-state index contributed by atoms with van der Waals surface area (Å²) in [6.07, 6.45) is 0. The molecule has 3 rings (SSSR count). The Bertz CT molecular complexity index is 520. The third-order valence-corrected chi connectivity index (χ3v) is 3.33. The van der Waals surface area contributed by atoms with E-state index >= 15 is 0 Å². The standard InChI is InChI=1S/C14H16N2O/c17-10-11-7-16(8-11)9-13-6-5-12-3-1-2-4-14(12)15-13/h1-6,11,17H,7-10H2. The zero-order chi connectivity index (χ0) is 11.7. The number of rotatable bonds is 3. The van der Waals surface area contributed by atoms with Gasteiger partial charge < -0.3 is 5.11 Å². The fraction of sp³-hybridized carbons (Fsp3) is 0.357. The second-order valence-electron chi connectivity index (χ2n) is 4.74. The molecule has 0 saturated carbocycles. The zero-order valence-corrected chi connectivity index (χ0v) is 9.71. The van der Waals surface area contributed by atoms with Crippen LogP contribution in [-0.4, -0.2) is 34.7 Å². The Kier molecular flexibility index (Phi) is 2.79. The minimum Gasteiger partial charge on any atom is -0.396 e. The third kappa shape index (κ3) is 2.16. The number of aliphatic hydroxyl groups is 1. The molecule has 1 aromatic heterocycles. The lowest BCUT2D eigenvalue weighted by Gasteiger charge is -2.37. The van der Waals surface area contributed by atoms with Crippen molar-refractivity contribution in [1.29, 1.82) is 0 Å². The maximum absolute atomic E-state index is 8.97. The van der Waals surface area contributed by atoms with Gasteiger partial charge in [-0.25, -0.2) is 0 Å². The topological polar surface area (TPSA) is 36.4 Å². The van der Waals surface area contributed by atoms with Gasteiger partial charge in [0.2, 0.25) is 0 Å². The fourth-order valence-electron chi connectivity index (χ4n) is 2.35. The van der Waals surface area contributed by atoms with Gasteiger partial charge in [-0.2, -0.15) is 0 Å². The Morgan fingerprint density at radius 2 is 2.00 bits per heavy atom. The highest BCUT2D eigenvalue weighted by atomic mass is 16.3. The normalized spacial score (nSPS) is 17.2. The molecule has 2 heterocycles. The van der Waals surface area contributed by atoms with E-state index in [4.69, 9.17) is 5.11 Å². The number of hydrogen-bond acceptors (Lipinski definition) is 3. The molecule has 0 radical (unpaired) electrons. The molecule has 1 aromatic carbocycles. The predicted molar refractivity (Wildman–Crippen MR) is 67.6 cm³/mol. The molecule has 2 aromatic rings. The second kappa shape index (κ2) is 4.43. The van der Waals surface area contributed by atoms with Gasteiger partial charge in [0.05, 0.1) is 11.2 Å². The summed E-state index contributed by atoms with van der Waals surface area (Å²) in [5.74, 6) is 0.468. The van der Waals surface area contributed by atoms with E-state index in [-0.39, 0.29) is 0 Å². The quantitative estimate of drug-likeness (QED) is 0.868. The van der Waals surface area contributed by atoms with Gasteiger partial charge >= 0.3 is 0 Å². The zero-order valence-electron chi connectivity index (χ0n) is 9.71. The number of benzene rings is 1. The van der Waals surface area contributed by atoms with Crippen LogP contribution in [0, 0.1) is 5.92 Å². The Morgan fingerprint density at radius 3 is 2.82 bits per heavy atom. The lowest BCUT2D eigenvalue weighted by atomic mass is 10.0. The predicted octanol–water partition coefficient (Wildman–Crippen LogP) is 1.66. The van der Waals surface area contributed by atoms with E-state index < -0.39 is 0 Å². The number of aromatic nitrogens is 1. The van der Waals surface area contributed by atoms with Crippen LogP contribution < -0.4 is 0 Å². The molecule has 1 fully saturated rings. The van der Waals surface area contributed by atoms with E-state index in [0.29, 0.717) is 12.5 Å². The first-order valence-electron chi connectivity index (χ1n) is 6.03. The second-order valence-corrected chi connectivity index (χ2v) is 4.74. The highest BCUT2D eigenvalue weighted by Crippen LogP contribution is 2.18. The van der Waals surface area contributed by atoms with E-state index in [1.165, 1.54) is 5.39 Å². The molecule has 1 N–H and O–H groups in total. The first kappa shape index (κ1) is 10.7. The van der Waals surface area contributed by atoms with Gasteiger partial charge in [-0.05, 0) is 12.1 Å². The smallest absolute Gasteiger partial charge is 0.0705 e. The van der Waals surface area contributed by atoms with Crippen LogP contribution in [0.15, 0.2) is 36.4 Å². The van der Waals surface area contributed by atoms with Crippen LogP contribution in [-0.2, 0) is 6.54 Å². The summed E-state index contributed by atoms with van der Waals surface area (Å²) < 4.78 is 0. The molecule has 17 heavy (non-hydrogen) atoms. The van der Waals surface area contributed by atoms with Crippen molar-refractivity contribution in [2.75, 3.05) is 19.7 Å². The lowest BCUT2D eigenvalue weighted by molar-refractivity contribution is 0.0470. The van der Waals surface area contributed by atoms with Crippen LogP contribution in [0.1, 0.15) is 5.69 Å². The maximum Gasteiger partial charge on any atom is 0.0705 e. The van der Waals surface area contributed by atoms with E-state index in [0.717, 1.165) is 30.8 Å². The van der Waals surface area contributed by atoms with Crippen LogP contribution in [0.3, 0.4) is 0 Å². The van der Waals surface area contributed by atoms with Gasteiger partial charge in [0, 0.05) is 37.5 Å². The molecule has 0 unspecified atom stereocenters. The van der Waals surface area contributed by atoms with Crippen molar-refractivity contribution in [2.24, 2.45) is 5.92 Å². The van der Waals surface area contributed by atoms with Crippen molar-refractivity contribution in [3.8, 4) is 0 Å². The number of nitrogens with zero attached hydrogens (tertiary/aromatic N) is 2. The minimum absolute atomic E-state index is 0.307. The van der Waals surface area contributed by atoms with Crippen LogP contribution in [0.5, 0.6) is 0 Å². The number of hydrogen-bond donors (Lipinski definition) is 1. The molecule has 3 heteroatoms. The molecule has 0 atom stereocenters. The molecule has 1 aliphatic heterocycles. The molecule has 1 aliphatic rings. The van der Waals surface area contributed by atoms with Crippen LogP contribution >= 0.6 is 0 Å². The number of pyridine rings is 1. The summed E-state index contributed by atoms with van der Waals surface area (Å²) in [6, 6.07) is 12.4. The first-order valence-corrected chi connectivity index (χ1v) is 6.03. The summed E-state index contributed by atoms with van der Waals surface area (Å²) in [4.78, 5) is 6.96. The van der Waals surface area contributed by atoms with Crippen molar-refractivity contribution in [2.45, 2.75) is 6.54 Å². The van der Waals surface area contributed by atoms with Crippen molar-refractivity contribution < 1.29 is 5.11 Å². The highest BCUT2D eigenvalue weighted by Gasteiger charge is 2.25. The van der Waals surface area contributed by atoms with Crippen molar-refractivity contribution in [3.63, 3.8) is 0 Å². The van der Waals surface area contributed by atoms with Gasteiger partial charge in [0.1, 0.15) is 0 Å². The molecule has 88 valence electrons. The van der Waals surface area contributed by atoms with Crippen LogP contribution in [0.4, 0.5) is 0 Å². The molecule has 1 saturated heterocycles. The lowest BCUT2D eigenvalue weighted by Crippen LogP contribution is -2.47. The molecule has 3 nitrogen and oxygen atoms in total. The maximum atomic E-state index is 8.97. The van der Waals surface area contributed by atoms with Gasteiger partial charge in [0.25, 0.3) is 0 Å². The largest absolute Gasteiger partial charge is 0.396 e. The third-order valence-electron chi connectivity index (χ3n) is 3.33. The van der Waals surface area contributed by atoms with E-state index in [9.17, 15) is 0 Å². The Labute approximate surface area is 101 Å². The Morgan fingerprint density at radius 1 is 1.18 bits per heavy atom. The summed E-state index contributed by atoms with van der Waals surface area (Å²) in [7, 11) is 0. The summed E-state index contributed by atoms with van der Waals surface area (Å²) in [5, 5.41) is 10.2. The fourth-order valence-corrected chi connectivity index (χ4v) is 2.35. The summed E-state index contributed by atoms with van der Waals surface area (Å²) in [6.45, 7) is 3.18. The van der Waals surface area contributed by atoms with Crippen LogP contribution in [0.25, 0.3) is 10.9 Å². The average molecular weight is 228 g/mol. The van der Waals surface area contributed by atoms with Crippen LogP contribution in [0.2, 0.25) is 0 Å².